The number of benzene rings is 2. The molecule has 10 heteroatoms. The van der Waals surface area contributed by atoms with E-state index in [0.29, 0.717) is 48.4 Å². The topological polar surface area (TPSA) is 136 Å². The molecule has 2 heterocycles. The van der Waals surface area contributed by atoms with Crippen LogP contribution in [0.1, 0.15) is 37.1 Å². The van der Waals surface area contributed by atoms with E-state index >= 15 is 0 Å². The van der Waals surface area contributed by atoms with E-state index in [0.717, 1.165) is 33.2 Å². The first kappa shape index (κ1) is 28.6. The zero-order valence-corrected chi connectivity index (χ0v) is 21.8. The van der Waals surface area contributed by atoms with Crippen molar-refractivity contribution in [2.45, 2.75) is 39.5 Å². The molecule has 0 radical (unpaired) electrons. The molecule has 8 nitrogen and oxygen atoms in total. The number of hydrogen-bond donors (Lipinski definition) is 4. The molecule has 0 bridgehead atoms. The maximum Gasteiger partial charge on any atom is 0.224 e. The zero-order chi connectivity index (χ0) is 24.2. The fraction of sp³-hybridized carbons (Fsp3) is 0.231. The standard InChI is InChI=1S/C26H28N6O2.2ClH/c1-15-11-21(27)19-13-17(7-9-23(19)29-15)31-25(33)5-3-4-6-26(34)32-18-8-10-24-20(14-18)22(28)12-16(2)30-24;;/h7-14H,3-6H2,1-2H3,(H2,27,29)(H2,28,30)(H,31,33)(H,32,34);2*1H. The summed E-state index contributed by atoms with van der Waals surface area (Å²) < 4.78 is 0. The average Bonchev–Trinajstić information content (AvgIpc) is 2.77. The minimum absolute atomic E-state index is 0. The number of carbonyl (C=O) groups excluding carboxylic acids is 2. The predicted octanol–water partition coefficient (Wildman–Crippen LogP) is 5.55. The van der Waals surface area contributed by atoms with Crippen LogP contribution in [0, 0.1) is 13.8 Å². The van der Waals surface area contributed by atoms with Crippen LogP contribution in [0.4, 0.5) is 22.7 Å². The maximum absolute atomic E-state index is 12.3. The fourth-order valence-corrected chi connectivity index (χ4v) is 3.95. The third-order valence-corrected chi connectivity index (χ3v) is 5.56. The van der Waals surface area contributed by atoms with Gasteiger partial charge in [0, 0.05) is 57.8 Å². The number of amides is 2. The number of hydrogen-bond acceptors (Lipinski definition) is 6. The SMILES string of the molecule is Cc1cc(N)c2cc(NC(=O)CCCCC(=O)Nc3ccc4nc(C)cc(N)c4c3)ccc2n1.Cl.Cl. The summed E-state index contributed by atoms with van der Waals surface area (Å²) in [5, 5.41) is 7.39. The molecule has 2 amide bonds. The van der Waals surface area contributed by atoms with E-state index in [1.165, 1.54) is 0 Å². The summed E-state index contributed by atoms with van der Waals surface area (Å²) in [5.74, 6) is -0.211. The number of unbranched alkanes of at least 4 members (excludes halogenated alkanes) is 1. The monoisotopic (exact) mass is 528 g/mol. The predicted molar refractivity (Wildman–Crippen MR) is 152 cm³/mol. The van der Waals surface area contributed by atoms with E-state index in [2.05, 4.69) is 20.6 Å². The number of anilines is 4. The maximum atomic E-state index is 12.3. The summed E-state index contributed by atoms with van der Waals surface area (Å²) in [7, 11) is 0. The molecule has 0 aliphatic rings. The lowest BCUT2D eigenvalue weighted by atomic mass is 10.1. The van der Waals surface area contributed by atoms with Crippen molar-refractivity contribution in [1.29, 1.82) is 0 Å². The summed E-state index contributed by atoms with van der Waals surface area (Å²) in [5.41, 5.74) is 18.1. The molecular formula is C26H30Cl2N6O2. The molecule has 4 aromatic rings. The highest BCUT2D eigenvalue weighted by Crippen LogP contribution is 2.25. The van der Waals surface area contributed by atoms with Gasteiger partial charge in [-0.15, -0.1) is 24.8 Å². The highest BCUT2D eigenvalue weighted by Gasteiger charge is 2.09. The fourth-order valence-electron chi connectivity index (χ4n) is 3.95. The van der Waals surface area contributed by atoms with Gasteiger partial charge in [0.15, 0.2) is 0 Å². The molecule has 0 saturated heterocycles. The Balaban J connectivity index is 0.00000228. The Labute approximate surface area is 222 Å². The Morgan fingerprint density at radius 2 is 1.08 bits per heavy atom. The number of aromatic nitrogens is 2. The summed E-state index contributed by atoms with van der Waals surface area (Å²) in [6, 6.07) is 14.6. The lowest BCUT2D eigenvalue weighted by molar-refractivity contribution is -0.118. The lowest BCUT2D eigenvalue weighted by Gasteiger charge is -2.09. The van der Waals surface area contributed by atoms with Gasteiger partial charge in [-0.3, -0.25) is 19.6 Å². The van der Waals surface area contributed by atoms with Crippen LogP contribution in [0.25, 0.3) is 21.8 Å². The van der Waals surface area contributed by atoms with Crippen LogP contribution in [0.15, 0.2) is 48.5 Å². The molecule has 0 saturated carbocycles. The van der Waals surface area contributed by atoms with Crippen molar-refractivity contribution in [3.05, 3.63) is 59.9 Å². The van der Waals surface area contributed by atoms with Crippen molar-refractivity contribution in [1.82, 2.24) is 9.97 Å². The molecule has 0 aliphatic carbocycles. The second-order valence-electron chi connectivity index (χ2n) is 8.47. The molecule has 6 N–H and O–H groups in total. The minimum Gasteiger partial charge on any atom is -0.398 e. The van der Waals surface area contributed by atoms with Gasteiger partial charge >= 0.3 is 0 Å². The van der Waals surface area contributed by atoms with E-state index in [4.69, 9.17) is 11.5 Å². The van der Waals surface area contributed by atoms with Gasteiger partial charge in [0.25, 0.3) is 0 Å². The Morgan fingerprint density at radius 3 is 1.47 bits per heavy atom. The first-order valence-electron chi connectivity index (χ1n) is 11.2. The third-order valence-electron chi connectivity index (χ3n) is 5.56. The summed E-state index contributed by atoms with van der Waals surface area (Å²) in [6.07, 6.45) is 1.85. The molecule has 190 valence electrons. The second-order valence-corrected chi connectivity index (χ2v) is 8.47. The molecule has 0 fully saturated rings. The Hall–Kier alpha value is -3.62. The molecule has 4 rings (SSSR count). The van der Waals surface area contributed by atoms with Crippen molar-refractivity contribution in [3.8, 4) is 0 Å². The smallest absolute Gasteiger partial charge is 0.224 e. The normalized spacial score (nSPS) is 10.4. The Kier molecular flexibility index (Phi) is 9.84. The molecule has 36 heavy (non-hydrogen) atoms. The van der Waals surface area contributed by atoms with Crippen molar-refractivity contribution in [3.63, 3.8) is 0 Å². The minimum atomic E-state index is -0.105. The number of pyridine rings is 2. The third kappa shape index (κ3) is 6.96. The number of carbonyl (C=O) groups is 2. The number of nitrogens with two attached hydrogens (primary N) is 2. The number of nitrogens with zero attached hydrogens (tertiary/aromatic N) is 2. The van der Waals surface area contributed by atoms with Crippen molar-refractivity contribution in [2.75, 3.05) is 22.1 Å². The molecule has 0 unspecified atom stereocenters. The first-order chi connectivity index (χ1) is 16.3. The number of fused-ring (bicyclic) bond motifs is 2. The number of nitrogens with one attached hydrogen (secondary N) is 2. The first-order valence-corrected chi connectivity index (χ1v) is 11.2. The summed E-state index contributed by atoms with van der Waals surface area (Å²) >= 11 is 0. The summed E-state index contributed by atoms with van der Waals surface area (Å²) in [6.45, 7) is 3.78. The molecule has 2 aromatic carbocycles. The summed E-state index contributed by atoms with van der Waals surface area (Å²) in [4.78, 5) is 33.5. The lowest BCUT2D eigenvalue weighted by Crippen LogP contribution is -2.13. The number of nitrogen functional groups attached to an aromatic ring is 2. The van der Waals surface area contributed by atoms with Crippen LogP contribution in [-0.4, -0.2) is 21.8 Å². The number of rotatable bonds is 7. The van der Waals surface area contributed by atoms with E-state index in [-0.39, 0.29) is 36.6 Å². The number of halogens is 2. The van der Waals surface area contributed by atoms with Crippen LogP contribution in [-0.2, 0) is 9.59 Å². The van der Waals surface area contributed by atoms with Crippen LogP contribution in [0.5, 0.6) is 0 Å². The second kappa shape index (κ2) is 12.4. The van der Waals surface area contributed by atoms with E-state index in [1.807, 2.05) is 62.4 Å². The Bertz CT molecular complexity index is 1300. The van der Waals surface area contributed by atoms with Gasteiger partial charge in [-0.25, -0.2) is 0 Å². The van der Waals surface area contributed by atoms with Gasteiger partial charge in [-0.05, 0) is 75.2 Å². The van der Waals surface area contributed by atoms with Gasteiger partial charge in [0.2, 0.25) is 11.8 Å². The van der Waals surface area contributed by atoms with Gasteiger partial charge in [0.1, 0.15) is 0 Å². The van der Waals surface area contributed by atoms with Gasteiger partial charge in [-0.1, -0.05) is 0 Å². The van der Waals surface area contributed by atoms with Gasteiger partial charge in [0.05, 0.1) is 11.0 Å². The van der Waals surface area contributed by atoms with Crippen molar-refractivity contribution < 1.29 is 9.59 Å². The molecule has 0 aliphatic heterocycles. The van der Waals surface area contributed by atoms with Crippen LogP contribution < -0.4 is 22.1 Å². The van der Waals surface area contributed by atoms with Crippen LogP contribution in [0.2, 0.25) is 0 Å². The zero-order valence-electron chi connectivity index (χ0n) is 20.1. The quantitative estimate of drug-likeness (QED) is 0.232. The van der Waals surface area contributed by atoms with E-state index < -0.39 is 0 Å². The van der Waals surface area contributed by atoms with Crippen LogP contribution in [0.3, 0.4) is 0 Å². The molecule has 0 spiro atoms. The number of aryl methyl sites for hydroxylation is 2. The van der Waals surface area contributed by atoms with Gasteiger partial charge < -0.3 is 22.1 Å². The highest BCUT2D eigenvalue weighted by molar-refractivity contribution is 5.98. The highest BCUT2D eigenvalue weighted by atomic mass is 35.5. The Morgan fingerprint density at radius 1 is 0.694 bits per heavy atom. The largest absolute Gasteiger partial charge is 0.398 e. The van der Waals surface area contributed by atoms with E-state index in [9.17, 15) is 9.59 Å². The van der Waals surface area contributed by atoms with E-state index in [1.54, 1.807) is 0 Å². The molecule has 0 atom stereocenters. The molecular weight excluding hydrogens is 499 g/mol. The van der Waals surface area contributed by atoms with Crippen molar-refractivity contribution in [2.24, 2.45) is 0 Å². The average molecular weight is 529 g/mol. The van der Waals surface area contributed by atoms with Gasteiger partial charge in [-0.2, -0.15) is 0 Å². The van der Waals surface area contributed by atoms with Crippen LogP contribution >= 0.6 is 24.8 Å². The van der Waals surface area contributed by atoms with Crippen molar-refractivity contribution >= 4 is 81.2 Å². The molecule has 2 aromatic heterocycles.